The standard InChI is InChI=1S/C30H39FN8O4/c1-30(2,3)17-25(28-36-38-39-37-28)35-29(43)24(16-19-7-5-4-6-8-19)34-27(42)18-33-26(41)14-13-22(31)23(32)15-20-9-11-21(40)12-10-20/h4-13,23-25,40H,14-18,32H2,1-3H3,(H,33,41)(H,34,42)(H,35,43)(H,36,37,38,39)/b22-13-/t23-,24-,25-/m0/s1. The van der Waals surface area contributed by atoms with Crippen molar-refractivity contribution < 1.29 is 23.9 Å². The number of rotatable bonds is 14. The van der Waals surface area contributed by atoms with E-state index in [1.54, 1.807) is 12.1 Å². The van der Waals surface area contributed by atoms with E-state index in [-0.39, 0.29) is 30.4 Å². The quantitative estimate of drug-likeness (QED) is 0.164. The maximum Gasteiger partial charge on any atom is 0.243 e. The topological polar surface area (TPSA) is 188 Å². The first-order valence-corrected chi connectivity index (χ1v) is 13.9. The summed E-state index contributed by atoms with van der Waals surface area (Å²) in [6, 6.07) is 12.9. The number of aromatic hydroxyl groups is 1. The van der Waals surface area contributed by atoms with E-state index in [0.29, 0.717) is 12.2 Å². The number of halogens is 1. The number of hydrogen-bond donors (Lipinski definition) is 6. The van der Waals surface area contributed by atoms with Crippen LogP contribution >= 0.6 is 0 Å². The van der Waals surface area contributed by atoms with Crippen molar-refractivity contribution in [3.63, 3.8) is 0 Å². The molecule has 0 aliphatic heterocycles. The van der Waals surface area contributed by atoms with E-state index in [4.69, 9.17) is 5.73 Å². The molecular weight excluding hydrogens is 555 g/mol. The molecule has 0 fully saturated rings. The van der Waals surface area contributed by atoms with Crippen LogP contribution in [0, 0.1) is 5.41 Å². The van der Waals surface area contributed by atoms with E-state index in [9.17, 15) is 23.9 Å². The first kappa shape index (κ1) is 32.9. The molecule has 0 unspecified atom stereocenters. The van der Waals surface area contributed by atoms with Crippen LogP contribution in [0.3, 0.4) is 0 Å². The molecule has 2 aromatic carbocycles. The van der Waals surface area contributed by atoms with Gasteiger partial charge in [0.15, 0.2) is 5.82 Å². The van der Waals surface area contributed by atoms with Crippen LogP contribution in [0.15, 0.2) is 66.5 Å². The summed E-state index contributed by atoms with van der Waals surface area (Å²) in [5, 5.41) is 31.5. The fourth-order valence-corrected chi connectivity index (χ4v) is 4.29. The molecule has 1 heterocycles. The molecule has 13 heteroatoms. The fourth-order valence-electron chi connectivity index (χ4n) is 4.29. The summed E-state index contributed by atoms with van der Waals surface area (Å²) in [6.07, 6.45) is 1.64. The monoisotopic (exact) mass is 594 g/mol. The van der Waals surface area contributed by atoms with Gasteiger partial charge >= 0.3 is 0 Å². The molecule has 0 bridgehead atoms. The van der Waals surface area contributed by atoms with Gasteiger partial charge in [-0.3, -0.25) is 14.4 Å². The summed E-state index contributed by atoms with van der Waals surface area (Å²) in [7, 11) is 0. The van der Waals surface area contributed by atoms with Crippen molar-refractivity contribution in [2.75, 3.05) is 6.54 Å². The Balaban J connectivity index is 1.58. The van der Waals surface area contributed by atoms with Crippen molar-refractivity contribution in [1.82, 2.24) is 36.6 Å². The van der Waals surface area contributed by atoms with Crippen LogP contribution in [-0.2, 0) is 27.2 Å². The van der Waals surface area contributed by atoms with Gasteiger partial charge in [0.25, 0.3) is 0 Å². The van der Waals surface area contributed by atoms with Gasteiger partial charge in [0, 0.05) is 12.8 Å². The number of benzene rings is 2. The van der Waals surface area contributed by atoms with E-state index in [0.717, 1.165) is 17.2 Å². The molecule has 3 rings (SSSR count). The predicted octanol–water partition coefficient (Wildman–Crippen LogP) is 2.16. The molecule has 43 heavy (non-hydrogen) atoms. The van der Waals surface area contributed by atoms with E-state index in [1.807, 2.05) is 51.1 Å². The summed E-state index contributed by atoms with van der Waals surface area (Å²) in [5.74, 6) is -1.88. The van der Waals surface area contributed by atoms with Crippen molar-refractivity contribution in [3.05, 3.63) is 83.5 Å². The van der Waals surface area contributed by atoms with Crippen molar-refractivity contribution in [1.29, 1.82) is 0 Å². The molecule has 0 radical (unpaired) electrons. The van der Waals surface area contributed by atoms with Gasteiger partial charge in [-0.15, -0.1) is 10.2 Å². The Bertz CT molecular complexity index is 1360. The summed E-state index contributed by atoms with van der Waals surface area (Å²) in [5.41, 5.74) is 7.26. The highest BCUT2D eigenvalue weighted by Gasteiger charge is 2.29. The molecule has 0 saturated carbocycles. The number of aromatic amines is 1. The van der Waals surface area contributed by atoms with Gasteiger partial charge < -0.3 is 26.8 Å². The molecule has 0 spiro atoms. The molecule has 1 aromatic heterocycles. The van der Waals surface area contributed by atoms with Gasteiger partial charge in [0.2, 0.25) is 17.7 Å². The molecule has 0 aliphatic rings. The number of H-pyrrole nitrogens is 1. The SMILES string of the molecule is CC(C)(C)C[C@H](NC(=O)[C@H](Cc1ccccc1)NC(=O)CNC(=O)C/C=C(\F)[C@@H](N)Cc1ccc(O)cc1)c1nn[nH]n1. The number of phenols is 1. The number of carbonyl (C=O) groups is 3. The lowest BCUT2D eigenvalue weighted by molar-refractivity contribution is -0.130. The summed E-state index contributed by atoms with van der Waals surface area (Å²) in [4.78, 5) is 38.5. The highest BCUT2D eigenvalue weighted by molar-refractivity contribution is 5.90. The number of amides is 3. The number of tetrazole rings is 1. The Labute approximate surface area is 249 Å². The van der Waals surface area contributed by atoms with Crippen molar-refractivity contribution in [3.8, 4) is 5.75 Å². The third-order valence-electron chi connectivity index (χ3n) is 6.42. The number of nitrogens with zero attached hydrogens (tertiary/aromatic N) is 3. The third-order valence-corrected chi connectivity index (χ3v) is 6.42. The minimum Gasteiger partial charge on any atom is -0.508 e. The molecule has 0 saturated heterocycles. The molecule has 3 amide bonds. The Morgan fingerprint density at radius 2 is 1.67 bits per heavy atom. The third kappa shape index (κ3) is 11.6. The molecule has 3 atom stereocenters. The maximum absolute atomic E-state index is 14.5. The number of nitrogens with one attached hydrogen (secondary N) is 4. The van der Waals surface area contributed by atoms with Crippen LogP contribution in [0.4, 0.5) is 4.39 Å². The van der Waals surface area contributed by atoms with E-state index < -0.39 is 48.2 Å². The van der Waals surface area contributed by atoms with Crippen LogP contribution in [0.5, 0.6) is 5.75 Å². The molecular formula is C30H39FN8O4. The fraction of sp³-hybridized carbons (Fsp3) is 0.400. The lowest BCUT2D eigenvalue weighted by Crippen LogP contribution is -2.51. The van der Waals surface area contributed by atoms with Gasteiger partial charge in [-0.1, -0.05) is 68.4 Å². The Kier molecular flexibility index (Phi) is 11.9. The molecule has 12 nitrogen and oxygen atoms in total. The number of phenolic OH excluding ortho intramolecular Hbond substituents is 1. The largest absolute Gasteiger partial charge is 0.508 e. The summed E-state index contributed by atoms with van der Waals surface area (Å²) >= 11 is 0. The normalized spacial score (nSPS) is 13.9. The lowest BCUT2D eigenvalue weighted by Gasteiger charge is -2.27. The number of hydrogen-bond acceptors (Lipinski definition) is 8. The van der Waals surface area contributed by atoms with Crippen LogP contribution < -0.4 is 21.7 Å². The van der Waals surface area contributed by atoms with E-state index in [2.05, 4.69) is 36.6 Å². The second-order valence-corrected chi connectivity index (χ2v) is 11.5. The highest BCUT2D eigenvalue weighted by atomic mass is 19.1. The van der Waals surface area contributed by atoms with E-state index in [1.165, 1.54) is 12.1 Å². The van der Waals surface area contributed by atoms with Crippen molar-refractivity contribution >= 4 is 17.7 Å². The average molecular weight is 595 g/mol. The average Bonchev–Trinajstić information content (AvgIpc) is 3.50. The molecule has 230 valence electrons. The predicted molar refractivity (Wildman–Crippen MR) is 158 cm³/mol. The zero-order chi connectivity index (χ0) is 31.4. The van der Waals surface area contributed by atoms with Crippen molar-refractivity contribution in [2.45, 2.75) is 64.6 Å². The smallest absolute Gasteiger partial charge is 0.243 e. The van der Waals surface area contributed by atoms with Crippen LogP contribution in [-0.4, -0.2) is 62.1 Å². The summed E-state index contributed by atoms with van der Waals surface area (Å²) < 4.78 is 14.5. The van der Waals surface area contributed by atoms with Gasteiger partial charge in [-0.25, -0.2) is 4.39 Å². The van der Waals surface area contributed by atoms with Gasteiger partial charge in [0.1, 0.15) is 17.6 Å². The van der Waals surface area contributed by atoms with E-state index >= 15 is 0 Å². The Morgan fingerprint density at radius 3 is 2.30 bits per heavy atom. The maximum atomic E-state index is 14.5. The highest BCUT2D eigenvalue weighted by Crippen LogP contribution is 2.27. The van der Waals surface area contributed by atoms with Crippen LogP contribution in [0.1, 0.15) is 56.6 Å². The zero-order valence-electron chi connectivity index (χ0n) is 24.5. The number of aromatic nitrogens is 4. The summed E-state index contributed by atoms with van der Waals surface area (Å²) in [6.45, 7) is 5.64. The lowest BCUT2D eigenvalue weighted by atomic mass is 9.87. The van der Waals surface area contributed by atoms with Gasteiger partial charge in [-0.2, -0.15) is 5.21 Å². The molecule has 0 aliphatic carbocycles. The van der Waals surface area contributed by atoms with Crippen LogP contribution in [0.25, 0.3) is 0 Å². The number of nitrogens with two attached hydrogens (primary N) is 1. The minimum atomic E-state index is -0.965. The minimum absolute atomic E-state index is 0.0923. The Morgan fingerprint density at radius 1 is 1.00 bits per heavy atom. The second-order valence-electron chi connectivity index (χ2n) is 11.5. The molecule has 7 N–H and O–H groups in total. The number of carbonyl (C=O) groups excluding carboxylic acids is 3. The van der Waals surface area contributed by atoms with Gasteiger partial charge in [0.05, 0.1) is 18.6 Å². The Hall–Kier alpha value is -4.65. The van der Waals surface area contributed by atoms with Gasteiger partial charge in [-0.05, 0) is 47.6 Å². The first-order chi connectivity index (χ1) is 20.4. The van der Waals surface area contributed by atoms with Crippen LogP contribution in [0.2, 0.25) is 0 Å². The van der Waals surface area contributed by atoms with Crippen molar-refractivity contribution in [2.24, 2.45) is 11.1 Å². The molecule has 3 aromatic rings. The second kappa shape index (κ2) is 15.5. The zero-order valence-corrected chi connectivity index (χ0v) is 24.5. The first-order valence-electron chi connectivity index (χ1n) is 13.9.